The van der Waals surface area contributed by atoms with Crippen molar-refractivity contribution in [3.63, 3.8) is 0 Å². The lowest BCUT2D eigenvalue weighted by atomic mass is 10.1. The Morgan fingerprint density at radius 2 is 1.64 bits per heavy atom. The average Bonchev–Trinajstić information content (AvgIpc) is 2.58. The molecule has 0 unspecified atom stereocenters. The second kappa shape index (κ2) is 7.30. The number of anilines is 3. The Kier molecular flexibility index (Phi) is 4.93. The topological polar surface area (TPSA) is 62.7 Å². The maximum atomic E-state index is 4.52. The summed E-state index contributed by atoms with van der Waals surface area (Å²) in [6, 6.07) is 12.6. The van der Waals surface area contributed by atoms with Gasteiger partial charge in [0.15, 0.2) is 5.82 Å². The first kappa shape index (κ1) is 16.9. The first-order valence-electron chi connectivity index (χ1n) is 8.36. The molecule has 5 heteroatoms. The van der Waals surface area contributed by atoms with E-state index in [2.05, 4.69) is 77.8 Å². The molecule has 0 amide bonds. The molecule has 0 saturated carbocycles. The molecule has 3 rings (SSSR count). The van der Waals surface area contributed by atoms with Crippen molar-refractivity contribution in [1.82, 2.24) is 15.2 Å². The summed E-state index contributed by atoms with van der Waals surface area (Å²) >= 11 is 0. The Bertz CT molecular complexity index is 866. The predicted molar refractivity (Wildman–Crippen MR) is 102 cm³/mol. The van der Waals surface area contributed by atoms with Gasteiger partial charge in [0.25, 0.3) is 0 Å². The van der Waals surface area contributed by atoms with Crippen LogP contribution in [0.15, 0.2) is 42.6 Å². The van der Waals surface area contributed by atoms with E-state index in [9.17, 15) is 0 Å². The Labute approximate surface area is 148 Å². The van der Waals surface area contributed by atoms with Crippen molar-refractivity contribution < 1.29 is 0 Å². The van der Waals surface area contributed by atoms with Crippen molar-refractivity contribution in [2.45, 2.75) is 34.2 Å². The van der Waals surface area contributed by atoms with E-state index >= 15 is 0 Å². The van der Waals surface area contributed by atoms with Crippen LogP contribution in [-0.2, 0) is 6.54 Å². The average molecular weight is 333 g/mol. The Hall–Kier alpha value is -2.95. The molecule has 0 atom stereocenters. The molecule has 128 valence electrons. The van der Waals surface area contributed by atoms with Crippen LogP contribution in [0.4, 0.5) is 17.5 Å². The molecular weight excluding hydrogens is 310 g/mol. The van der Waals surface area contributed by atoms with Crippen LogP contribution in [0.3, 0.4) is 0 Å². The summed E-state index contributed by atoms with van der Waals surface area (Å²) in [5, 5.41) is 14.8. The number of aryl methyl sites for hydroxylation is 4. The number of hydrogen-bond acceptors (Lipinski definition) is 5. The molecule has 0 aliphatic carbocycles. The van der Waals surface area contributed by atoms with E-state index < -0.39 is 0 Å². The largest absolute Gasteiger partial charge is 0.365 e. The van der Waals surface area contributed by atoms with Crippen LogP contribution in [-0.4, -0.2) is 15.2 Å². The van der Waals surface area contributed by atoms with Crippen molar-refractivity contribution in [2.24, 2.45) is 0 Å². The second-order valence-corrected chi connectivity index (χ2v) is 6.34. The van der Waals surface area contributed by atoms with Gasteiger partial charge in [-0.25, -0.2) is 0 Å². The van der Waals surface area contributed by atoms with Crippen molar-refractivity contribution >= 4 is 17.5 Å². The van der Waals surface area contributed by atoms with Crippen LogP contribution in [0, 0.1) is 27.7 Å². The lowest BCUT2D eigenvalue weighted by Crippen LogP contribution is -2.07. The third-order valence-corrected chi connectivity index (χ3v) is 4.19. The normalized spacial score (nSPS) is 10.6. The minimum Gasteiger partial charge on any atom is -0.365 e. The minimum atomic E-state index is 0.491. The van der Waals surface area contributed by atoms with Gasteiger partial charge in [-0.2, -0.15) is 10.1 Å². The van der Waals surface area contributed by atoms with Gasteiger partial charge in [-0.3, -0.25) is 0 Å². The molecule has 0 bridgehead atoms. The van der Waals surface area contributed by atoms with E-state index in [1.165, 1.54) is 27.8 Å². The SMILES string of the molecule is Cc1cc(C)c(Nc2nncc(NCc3ccccc3C)n2)c(C)c1. The molecule has 0 aliphatic rings. The number of hydrogen-bond donors (Lipinski definition) is 2. The van der Waals surface area contributed by atoms with Crippen LogP contribution in [0.5, 0.6) is 0 Å². The molecular formula is C20H23N5. The maximum Gasteiger partial charge on any atom is 0.249 e. The summed E-state index contributed by atoms with van der Waals surface area (Å²) in [5.41, 5.74) is 7.09. The Morgan fingerprint density at radius 3 is 2.36 bits per heavy atom. The fourth-order valence-corrected chi connectivity index (χ4v) is 2.92. The Balaban J connectivity index is 1.75. The summed E-state index contributed by atoms with van der Waals surface area (Å²) in [4.78, 5) is 4.52. The first-order chi connectivity index (χ1) is 12.0. The van der Waals surface area contributed by atoms with Gasteiger partial charge in [0, 0.05) is 12.2 Å². The summed E-state index contributed by atoms with van der Waals surface area (Å²) < 4.78 is 0. The molecule has 3 aromatic rings. The number of nitrogens with zero attached hydrogens (tertiary/aromatic N) is 3. The zero-order chi connectivity index (χ0) is 17.8. The molecule has 5 nitrogen and oxygen atoms in total. The van der Waals surface area contributed by atoms with Crippen LogP contribution < -0.4 is 10.6 Å². The van der Waals surface area contributed by atoms with E-state index in [4.69, 9.17) is 0 Å². The molecule has 0 radical (unpaired) electrons. The molecule has 0 aliphatic heterocycles. The number of aromatic nitrogens is 3. The predicted octanol–water partition coefficient (Wildman–Crippen LogP) is 4.46. The molecule has 0 fully saturated rings. The zero-order valence-corrected chi connectivity index (χ0v) is 15.1. The number of benzene rings is 2. The van der Waals surface area contributed by atoms with Crippen molar-refractivity contribution in [3.8, 4) is 0 Å². The molecule has 2 N–H and O–H groups in total. The van der Waals surface area contributed by atoms with Crippen molar-refractivity contribution in [2.75, 3.05) is 10.6 Å². The highest BCUT2D eigenvalue weighted by molar-refractivity contribution is 5.64. The molecule has 1 heterocycles. The molecule has 25 heavy (non-hydrogen) atoms. The van der Waals surface area contributed by atoms with Gasteiger partial charge in [-0.15, -0.1) is 5.10 Å². The minimum absolute atomic E-state index is 0.491. The fraction of sp³-hybridized carbons (Fsp3) is 0.250. The smallest absolute Gasteiger partial charge is 0.249 e. The van der Waals surface area contributed by atoms with Gasteiger partial charge >= 0.3 is 0 Å². The third kappa shape index (κ3) is 4.12. The zero-order valence-electron chi connectivity index (χ0n) is 15.1. The molecule has 1 aromatic heterocycles. The van der Waals surface area contributed by atoms with Gasteiger partial charge in [-0.05, 0) is 49.9 Å². The van der Waals surface area contributed by atoms with E-state index in [0.717, 1.165) is 5.69 Å². The molecule has 2 aromatic carbocycles. The van der Waals surface area contributed by atoms with E-state index in [1.54, 1.807) is 6.20 Å². The van der Waals surface area contributed by atoms with Crippen molar-refractivity contribution in [3.05, 3.63) is 70.4 Å². The maximum absolute atomic E-state index is 4.52. The van der Waals surface area contributed by atoms with Crippen molar-refractivity contribution in [1.29, 1.82) is 0 Å². The summed E-state index contributed by atoms with van der Waals surface area (Å²) in [7, 11) is 0. The fourth-order valence-electron chi connectivity index (χ4n) is 2.92. The highest BCUT2D eigenvalue weighted by atomic mass is 15.3. The number of rotatable bonds is 5. The van der Waals surface area contributed by atoms with E-state index in [-0.39, 0.29) is 0 Å². The highest BCUT2D eigenvalue weighted by Crippen LogP contribution is 2.24. The van der Waals surface area contributed by atoms with E-state index in [0.29, 0.717) is 18.3 Å². The Morgan fingerprint density at radius 1 is 0.920 bits per heavy atom. The quantitative estimate of drug-likeness (QED) is 0.722. The van der Waals surface area contributed by atoms with Crippen LogP contribution in [0.25, 0.3) is 0 Å². The summed E-state index contributed by atoms with van der Waals surface area (Å²) in [6.45, 7) is 9.06. The monoisotopic (exact) mass is 333 g/mol. The summed E-state index contributed by atoms with van der Waals surface area (Å²) in [6.07, 6.45) is 1.64. The number of nitrogens with one attached hydrogen (secondary N) is 2. The third-order valence-electron chi connectivity index (χ3n) is 4.19. The lowest BCUT2D eigenvalue weighted by Gasteiger charge is -2.13. The first-order valence-corrected chi connectivity index (χ1v) is 8.36. The van der Waals surface area contributed by atoms with E-state index in [1.807, 2.05) is 12.1 Å². The van der Waals surface area contributed by atoms with Crippen LogP contribution in [0.1, 0.15) is 27.8 Å². The standard InChI is InChI=1S/C20H23N5/c1-13-9-15(3)19(16(4)10-13)24-20-23-18(12-22-25-20)21-11-17-8-6-5-7-14(17)2/h5-10,12H,11H2,1-4H3,(H2,21,23,24,25). The van der Waals surface area contributed by atoms with Gasteiger partial charge in [-0.1, -0.05) is 42.0 Å². The van der Waals surface area contributed by atoms with Gasteiger partial charge in [0.2, 0.25) is 5.95 Å². The van der Waals surface area contributed by atoms with Gasteiger partial charge < -0.3 is 10.6 Å². The second-order valence-electron chi connectivity index (χ2n) is 6.34. The molecule has 0 spiro atoms. The van der Waals surface area contributed by atoms with Crippen LogP contribution >= 0.6 is 0 Å². The summed E-state index contributed by atoms with van der Waals surface area (Å²) in [5.74, 6) is 1.19. The highest BCUT2D eigenvalue weighted by Gasteiger charge is 2.07. The lowest BCUT2D eigenvalue weighted by molar-refractivity contribution is 0.963. The van der Waals surface area contributed by atoms with Crippen LogP contribution in [0.2, 0.25) is 0 Å². The van der Waals surface area contributed by atoms with Gasteiger partial charge in [0.1, 0.15) is 0 Å². The van der Waals surface area contributed by atoms with Gasteiger partial charge in [0.05, 0.1) is 6.20 Å². The molecule has 0 saturated heterocycles.